The van der Waals surface area contributed by atoms with Crippen molar-refractivity contribution in [3.63, 3.8) is 0 Å². The predicted molar refractivity (Wildman–Crippen MR) is 78.5 cm³/mol. The minimum Gasteiger partial charge on any atom is -0.323 e. The molecule has 0 bridgehead atoms. The van der Waals surface area contributed by atoms with Gasteiger partial charge in [0.2, 0.25) is 0 Å². The van der Waals surface area contributed by atoms with Crippen molar-refractivity contribution in [3.05, 3.63) is 46.5 Å². The third-order valence-corrected chi connectivity index (χ3v) is 3.72. The Morgan fingerprint density at radius 1 is 1.37 bits per heavy atom. The molecular formula is C14H17N3OS. The molecule has 1 N–H and O–H groups in total. The molecule has 0 saturated carbocycles. The number of hydrogen-bond donors (Lipinski definition) is 1. The maximum absolute atomic E-state index is 12.0. The molecule has 2 amide bonds. The molecular weight excluding hydrogens is 258 g/mol. The van der Waals surface area contributed by atoms with Gasteiger partial charge in [-0.2, -0.15) is 0 Å². The second-order valence-electron chi connectivity index (χ2n) is 4.51. The van der Waals surface area contributed by atoms with Gasteiger partial charge in [0.25, 0.3) is 0 Å². The number of nitrogens with one attached hydrogen (secondary N) is 1. The van der Waals surface area contributed by atoms with E-state index < -0.39 is 0 Å². The zero-order chi connectivity index (χ0) is 13.8. The number of anilines is 1. The van der Waals surface area contributed by atoms with E-state index in [4.69, 9.17) is 0 Å². The smallest absolute Gasteiger partial charge is 0.323 e. The normalized spacial score (nSPS) is 10.3. The van der Waals surface area contributed by atoms with Crippen LogP contribution in [0.1, 0.15) is 16.8 Å². The van der Waals surface area contributed by atoms with Crippen LogP contribution in [-0.4, -0.2) is 23.0 Å². The highest BCUT2D eigenvalue weighted by molar-refractivity contribution is 7.13. The van der Waals surface area contributed by atoms with E-state index in [1.807, 2.05) is 43.5 Å². The number of carbonyl (C=O) groups excluding carboxylic acids is 1. The number of amides is 2. The first-order valence-electron chi connectivity index (χ1n) is 6.05. The van der Waals surface area contributed by atoms with E-state index in [0.717, 1.165) is 11.3 Å². The van der Waals surface area contributed by atoms with Gasteiger partial charge in [0.05, 0.1) is 5.69 Å². The van der Waals surface area contributed by atoms with Gasteiger partial charge in [-0.3, -0.25) is 5.32 Å². The summed E-state index contributed by atoms with van der Waals surface area (Å²) >= 11 is 1.44. The quantitative estimate of drug-likeness (QED) is 0.932. The first-order chi connectivity index (χ1) is 9.06. The van der Waals surface area contributed by atoms with E-state index in [1.54, 1.807) is 11.9 Å². The molecule has 1 aromatic carbocycles. The minimum atomic E-state index is -0.141. The molecule has 0 saturated heterocycles. The molecule has 0 unspecified atom stereocenters. The van der Waals surface area contributed by atoms with Crippen LogP contribution < -0.4 is 5.32 Å². The minimum absolute atomic E-state index is 0.141. The van der Waals surface area contributed by atoms with Gasteiger partial charge < -0.3 is 4.90 Å². The largest absolute Gasteiger partial charge is 0.323 e. The highest BCUT2D eigenvalue weighted by atomic mass is 32.1. The van der Waals surface area contributed by atoms with E-state index in [9.17, 15) is 4.79 Å². The molecule has 100 valence electrons. The molecule has 1 heterocycles. The Morgan fingerprint density at radius 3 is 2.74 bits per heavy atom. The molecule has 19 heavy (non-hydrogen) atoms. The van der Waals surface area contributed by atoms with Gasteiger partial charge in [0.1, 0.15) is 0 Å². The third kappa shape index (κ3) is 3.54. The number of benzene rings is 1. The highest BCUT2D eigenvalue weighted by Crippen LogP contribution is 2.15. The van der Waals surface area contributed by atoms with Crippen LogP contribution in [0.3, 0.4) is 0 Å². The Morgan fingerprint density at radius 2 is 2.11 bits per heavy atom. The Bertz CT molecular complexity index is 580. The van der Waals surface area contributed by atoms with Crippen molar-refractivity contribution in [2.45, 2.75) is 20.4 Å². The first kappa shape index (κ1) is 13.5. The maximum Gasteiger partial charge on any atom is 0.323 e. The predicted octanol–water partition coefficient (Wildman–Crippen LogP) is 3.42. The summed E-state index contributed by atoms with van der Waals surface area (Å²) < 4.78 is 0. The molecule has 5 heteroatoms. The summed E-state index contributed by atoms with van der Waals surface area (Å²) in [6.45, 7) is 4.54. The lowest BCUT2D eigenvalue weighted by molar-refractivity contribution is 0.220. The number of urea groups is 1. The fourth-order valence-electron chi connectivity index (χ4n) is 1.71. The molecule has 0 atom stereocenters. The van der Waals surface area contributed by atoms with Crippen molar-refractivity contribution < 1.29 is 4.79 Å². The average Bonchev–Trinajstić information content (AvgIpc) is 2.77. The molecule has 4 nitrogen and oxygen atoms in total. The van der Waals surface area contributed by atoms with Crippen LogP contribution in [0.25, 0.3) is 0 Å². The van der Waals surface area contributed by atoms with Gasteiger partial charge in [0.15, 0.2) is 5.13 Å². The van der Waals surface area contributed by atoms with Gasteiger partial charge in [0, 0.05) is 19.0 Å². The van der Waals surface area contributed by atoms with Crippen LogP contribution >= 0.6 is 11.3 Å². The second-order valence-corrected chi connectivity index (χ2v) is 5.36. The number of nitrogens with zero attached hydrogens (tertiary/aromatic N) is 2. The van der Waals surface area contributed by atoms with Crippen molar-refractivity contribution >= 4 is 22.5 Å². The summed E-state index contributed by atoms with van der Waals surface area (Å²) in [6, 6.07) is 7.92. The van der Waals surface area contributed by atoms with Crippen molar-refractivity contribution in [2.24, 2.45) is 0 Å². The maximum atomic E-state index is 12.0. The molecule has 0 fully saturated rings. The van der Waals surface area contributed by atoms with Crippen LogP contribution in [0.5, 0.6) is 0 Å². The molecule has 0 spiro atoms. The molecule has 0 radical (unpaired) electrons. The fraction of sp³-hybridized carbons (Fsp3) is 0.286. The Labute approximate surface area is 117 Å². The van der Waals surface area contributed by atoms with E-state index in [1.165, 1.54) is 16.9 Å². The molecule has 2 rings (SSSR count). The van der Waals surface area contributed by atoms with Gasteiger partial charge >= 0.3 is 6.03 Å². The molecule has 0 aliphatic carbocycles. The lowest BCUT2D eigenvalue weighted by atomic mass is 10.1. The Balaban J connectivity index is 1.98. The van der Waals surface area contributed by atoms with Crippen LogP contribution in [-0.2, 0) is 6.54 Å². The van der Waals surface area contributed by atoms with Crippen molar-refractivity contribution in [3.8, 4) is 0 Å². The van der Waals surface area contributed by atoms with Gasteiger partial charge in [-0.15, -0.1) is 11.3 Å². The highest BCUT2D eigenvalue weighted by Gasteiger charge is 2.11. The average molecular weight is 275 g/mol. The molecule has 0 aliphatic rings. The van der Waals surface area contributed by atoms with Crippen LogP contribution in [0.15, 0.2) is 29.6 Å². The van der Waals surface area contributed by atoms with E-state index in [-0.39, 0.29) is 6.03 Å². The third-order valence-electron chi connectivity index (χ3n) is 2.85. The summed E-state index contributed by atoms with van der Waals surface area (Å²) in [5.41, 5.74) is 3.25. The van der Waals surface area contributed by atoms with Crippen LogP contribution in [0, 0.1) is 13.8 Å². The Hall–Kier alpha value is -1.88. The first-order valence-corrected chi connectivity index (χ1v) is 6.93. The number of aryl methyl sites for hydroxylation is 2. The molecule has 0 aliphatic heterocycles. The number of rotatable bonds is 3. The summed E-state index contributed by atoms with van der Waals surface area (Å²) in [5, 5.41) is 5.35. The van der Waals surface area contributed by atoms with E-state index in [0.29, 0.717) is 11.7 Å². The topological polar surface area (TPSA) is 45.2 Å². The zero-order valence-electron chi connectivity index (χ0n) is 11.3. The lowest BCUT2D eigenvalue weighted by Crippen LogP contribution is -2.31. The summed E-state index contributed by atoms with van der Waals surface area (Å²) in [6.07, 6.45) is 0. The molecule has 1 aromatic heterocycles. The number of thiazole rings is 1. The standard InChI is InChI=1S/C14H17N3OS/c1-10-6-4-5-7-12(10)8-17(3)14(18)16-13-15-11(2)9-19-13/h4-7,9H,8H2,1-3H3,(H,15,16,18). The van der Waals surface area contributed by atoms with Crippen molar-refractivity contribution in [2.75, 3.05) is 12.4 Å². The number of hydrogen-bond acceptors (Lipinski definition) is 3. The number of carbonyl (C=O) groups is 1. The van der Waals surface area contributed by atoms with Crippen molar-refractivity contribution in [1.82, 2.24) is 9.88 Å². The van der Waals surface area contributed by atoms with E-state index in [2.05, 4.69) is 10.3 Å². The SMILES string of the molecule is Cc1csc(NC(=O)N(C)Cc2ccccc2C)n1. The summed E-state index contributed by atoms with van der Waals surface area (Å²) in [5.74, 6) is 0. The summed E-state index contributed by atoms with van der Waals surface area (Å²) in [4.78, 5) is 17.9. The zero-order valence-corrected chi connectivity index (χ0v) is 12.1. The van der Waals surface area contributed by atoms with Gasteiger partial charge in [-0.1, -0.05) is 24.3 Å². The van der Waals surface area contributed by atoms with E-state index >= 15 is 0 Å². The fourth-order valence-corrected chi connectivity index (χ4v) is 2.39. The van der Waals surface area contributed by atoms with Crippen LogP contribution in [0.4, 0.5) is 9.93 Å². The summed E-state index contributed by atoms with van der Waals surface area (Å²) in [7, 11) is 1.78. The monoisotopic (exact) mass is 275 g/mol. The second kappa shape index (κ2) is 5.84. The Kier molecular flexibility index (Phi) is 4.16. The lowest BCUT2D eigenvalue weighted by Gasteiger charge is -2.18. The van der Waals surface area contributed by atoms with Crippen LogP contribution in [0.2, 0.25) is 0 Å². The van der Waals surface area contributed by atoms with Gasteiger partial charge in [-0.25, -0.2) is 9.78 Å². The van der Waals surface area contributed by atoms with Crippen molar-refractivity contribution in [1.29, 1.82) is 0 Å². The number of aromatic nitrogens is 1. The molecule has 2 aromatic rings. The van der Waals surface area contributed by atoms with Gasteiger partial charge in [-0.05, 0) is 25.0 Å².